The molecule has 1 unspecified atom stereocenters. The quantitative estimate of drug-likeness (QED) is 0.891. The molecule has 1 aromatic carbocycles. The number of halogens is 2. The molecule has 0 aliphatic carbocycles. The molecule has 2 rings (SSSR count). The van der Waals surface area contributed by atoms with Crippen molar-refractivity contribution in [1.29, 1.82) is 0 Å². The van der Waals surface area contributed by atoms with Crippen molar-refractivity contribution >= 4 is 0 Å². The summed E-state index contributed by atoms with van der Waals surface area (Å²) in [5.74, 6) is -0.336. The molecule has 0 spiro atoms. The first-order valence-corrected chi connectivity index (χ1v) is 7.53. The van der Waals surface area contributed by atoms with Crippen molar-refractivity contribution in [3.05, 3.63) is 35.4 Å². The fourth-order valence-electron chi connectivity index (χ4n) is 3.18. The number of piperazine rings is 1. The molecule has 0 bridgehead atoms. The van der Waals surface area contributed by atoms with Crippen molar-refractivity contribution in [2.75, 3.05) is 26.2 Å². The third-order valence-corrected chi connectivity index (χ3v) is 4.10. The van der Waals surface area contributed by atoms with E-state index < -0.39 is 0 Å². The Hall–Kier alpha value is -1.00. The SMILES string of the molecule is CCCC(C)[C@@H](c1cc(F)ccc1F)N1CCNCC1. The van der Waals surface area contributed by atoms with E-state index in [1.54, 1.807) is 0 Å². The third kappa shape index (κ3) is 3.55. The summed E-state index contributed by atoms with van der Waals surface area (Å²) >= 11 is 0. The normalized spacial score (nSPS) is 19.8. The van der Waals surface area contributed by atoms with Gasteiger partial charge in [-0.05, 0) is 30.5 Å². The number of nitrogens with one attached hydrogen (secondary N) is 1. The molecule has 0 saturated carbocycles. The number of hydrogen-bond donors (Lipinski definition) is 1. The Kier molecular flexibility index (Phi) is 5.49. The smallest absolute Gasteiger partial charge is 0.128 e. The van der Waals surface area contributed by atoms with Crippen LogP contribution in [0.1, 0.15) is 38.3 Å². The van der Waals surface area contributed by atoms with Crippen LogP contribution in [0.3, 0.4) is 0 Å². The molecule has 1 saturated heterocycles. The highest BCUT2D eigenvalue weighted by Crippen LogP contribution is 2.33. The standard InChI is InChI=1S/C16H24F2N2/c1-3-4-12(2)16(20-9-7-19-8-10-20)14-11-13(17)5-6-15(14)18/h5-6,11-12,16,19H,3-4,7-10H2,1-2H3/t12?,16-/m0/s1. The molecule has 1 heterocycles. The molecule has 4 heteroatoms. The van der Waals surface area contributed by atoms with Crippen LogP contribution in [0.15, 0.2) is 18.2 Å². The fraction of sp³-hybridized carbons (Fsp3) is 0.625. The average molecular weight is 282 g/mol. The minimum atomic E-state index is -0.356. The van der Waals surface area contributed by atoms with Gasteiger partial charge >= 0.3 is 0 Å². The predicted octanol–water partition coefficient (Wildman–Crippen LogP) is 3.35. The van der Waals surface area contributed by atoms with E-state index in [1.165, 1.54) is 18.2 Å². The molecule has 1 aliphatic heterocycles. The summed E-state index contributed by atoms with van der Waals surface area (Å²) in [7, 11) is 0. The van der Waals surface area contributed by atoms with Crippen LogP contribution < -0.4 is 5.32 Å². The summed E-state index contributed by atoms with van der Waals surface area (Å²) in [4.78, 5) is 2.29. The topological polar surface area (TPSA) is 15.3 Å². The third-order valence-electron chi connectivity index (χ3n) is 4.10. The Balaban J connectivity index is 2.31. The highest BCUT2D eigenvalue weighted by Gasteiger charge is 2.29. The maximum Gasteiger partial charge on any atom is 0.128 e. The zero-order valence-corrected chi connectivity index (χ0v) is 12.3. The molecule has 1 aliphatic rings. The van der Waals surface area contributed by atoms with Crippen molar-refractivity contribution in [3.63, 3.8) is 0 Å². The van der Waals surface area contributed by atoms with Gasteiger partial charge in [-0.2, -0.15) is 0 Å². The summed E-state index contributed by atoms with van der Waals surface area (Å²) in [6, 6.07) is 3.78. The van der Waals surface area contributed by atoms with Gasteiger partial charge in [-0.3, -0.25) is 4.90 Å². The lowest BCUT2D eigenvalue weighted by Gasteiger charge is -2.38. The number of hydrogen-bond acceptors (Lipinski definition) is 2. The Bertz CT molecular complexity index is 430. The largest absolute Gasteiger partial charge is 0.314 e. The fourth-order valence-corrected chi connectivity index (χ4v) is 3.18. The zero-order valence-electron chi connectivity index (χ0n) is 12.3. The van der Waals surface area contributed by atoms with Gasteiger partial charge in [0.25, 0.3) is 0 Å². The molecular formula is C16H24F2N2. The maximum atomic E-state index is 14.2. The van der Waals surface area contributed by atoms with E-state index in [-0.39, 0.29) is 17.7 Å². The van der Waals surface area contributed by atoms with Gasteiger partial charge in [-0.25, -0.2) is 8.78 Å². The minimum Gasteiger partial charge on any atom is -0.314 e. The van der Waals surface area contributed by atoms with Crippen LogP contribution in [0, 0.1) is 17.6 Å². The van der Waals surface area contributed by atoms with Crippen LogP contribution >= 0.6 is 0 Å². The van der Waals surface area contributed by atoms with Gasteiger partial charge < -0.3 is 5.32 Å². The van der Waals surface area contributed by atoms with Gasteiger partial charge in [0.2, 0.25) is 0 Å². The van der Waals surface area contributed by atoms with Crippen molar-refractivity contribution in [2.45, 2.75) is 32.7 Å². The first kappa shape index (κ1) is 15.4. The lowest BCUT2D eigenvalue weighted by molar-refractivity contribution is 0.123. The molecule has 0 radical (unpaired) electrons. The molecule has 1 N–H and O–H groups in total. The van der Waals surface area contributed by atoms with E-state index >= 15 is 0 Å². The van der Waals surface area contributed by atoms with E-state index in [4.69, 9.17) is 0 Å². The van der Waals surface area contributed by atoms with Gasteiger partial charge in [0.1, 0.15) is 11.6 Å². The lowest BCUT2D eigenvalue weighted by atomic mass is 9.89. The van der Waals surface area contributed by atoms with Crippen LogP contribution in [0.4, 0.5) is 8.78 Å². The first-order valence-electron chi connectivity index (χ1n) is 7.53. The molecular weight excluding hydrogens is 258 g/mol. The van der Waals surface area contributed by atoms with Gasteiger partial charge in [0.15, 0.2) is 0 Å². The molecule has 20 heavy (non-hydrogen) atoms. The van der Waals surface area contributed by atoms with Crippen LogP contribution in [0.25, 0.3) is 0 Å². The molecule has 2 atom stereocenters. The Morgan fingerprint density at radius 2 is 1.95 bits per heavy atom. The van der Waals surface area contributed by atoms with Crippen LogP contribution in [0.5, 0.6) is 0 Å². The first-order chi connectivity index (χ1) is 9.63. The molecule has 1 fully saturated rings. The van der Waals surface area contributed by atoms with Crippen LogP contribution in [0.2, 0.25) is 0 Å². The van der Waals surface area contributed by atoms with Crippen molar-refractivity contribution in [3.8, 4) is 0 Å². The molecule has 112 valence electrons. The summed E-state index contributed by atoms with van der Waals surface area (Å²) in [6.07, 6.45) is 2.07. The van der Waals surface area contributed by atoms with Crippen LogP contribution in [-0.4, -0.2) is 31.1 Å². The maximum absolute atomic E-state index is 14.2. The van der Waals surface area contributed by atoms with E-state index in [0.717, 1.165) is 39.0 Å². The second kappa shape index (κ2) is 7.14. The minimum absolute atomic E-state index is 0.0345. The Labute approximate surface area is 120 Å². The Morgan fingerprint density at radius 1 is 1.25 bits per heavy atom. The lowest BCUT2D eigenvalue weighted by Crippen LogP contribution is -2.46. The molecule has 0 aromatic heterocycles. The van der Waals surface area contributed by atoms with E-state index in [2.05, 4.69) is 24.1 Å². The second-order valence-corrected chi connectivity index (χ2v) is 5.66. The number of benzene rings is 1. The van der Waals surface area contributed by atoms with Gasteiger partial charge in [0.05, 0.1) is 0 Å². The monoisotopic (exact) mass is 282 g/mol. The van der Waals surface area contributed by atoms with E-state index in [9.17, 15) is 8.78 Å². The molecule has 0 amide bonds. The van der Waals surface area contributed by atoms with Crippen LogP contribution in [-0.2, 0) is 0 Å². The number of rotatable bonds is 5. The Morgan fingerprint density at radius 3 is 2.60 bits per heavy atom. The van der Waals surface area contributed by atoms with Gasteiger partial charge in [0, 0.05) is 37.8 Å². The van der Waals surface area contributed by atoms with Gasteiger partial charge in [-0.1, -0.05) is 20.3 Å². The summed E-state index contributed by atoms with van der Waals surface area (Å²) in [5.41, 5.74) is 0.507. The van der Waals surface area contributed by atoms with Crippen molar-refractivity contribution < 1.29 is 8.78 Å². The van der Waals surface area contributed by atoms with Crippen molar-refractivity contribution in [1.82, 2.24) is 10.2 Å². The number of nitrogens with zero attached hydrogens (tertiary/aromatic N) is 1. The predicted molar refractivity (Wildman–Crippen MR) is 77.6 cm³/mol. The highest BCUT2D eigenvalue weighted by atomic mass is 19.1. The summed E-state index contributed by atoms with van der Waals surface area (Å²) in [5, 5.41) is 3.31. The average Bonchev–Trinajstić information content (AvgIpc) is 2.44. The molecule has 2 nitrogen and oxygen atoms in total. The van der Waals surface area contributed by atoms with Gasteiger partial charge in [-0.15, -0.1) is 0 Å². The summed E-state index contributed by atoms with van der Waals surface area (Å²) in [6.45, 7) is 7.86. The van der Waals surface area contributed by atoms with E-state index in [1.807, 2.05) is 0 Å². The second-order valence-electron chi connectivity index (χ2n) is 5.66. The summed E-state index contributed by atoms with van der Waals surface area (Å²) < 4.78 is 27.7. The van der Waals surface area contributed by atoms with E-state index in [0.29, 0.717) is 11.5 Å². The highest BCUT2D eigenvalue weighted by molar-refractivity contribution is 5.23. The molecule has 1 aromatic rings. The van der Waals surface area contributed by atoms with Crippen molar-refractivity contribution in [2.24, 2.45) is 5.92 Å². The zero-order chi connectivity index (χ0) is 14.5.